The number of piperidine rings is 1. The van der Waals surface area contributed by atoms with Gasteiger partial charge in [0.15, 0.2) is 0 Å². The molecule has 1 fully saturated rings. The van der Waals surface area contributed by atoms with E-state index in [0.29, 0.717) is 25.3 Å². The zero-order chi connectivity index (χ0) is 14.4. The average molecular weight is 280 g/mol. The lowest BCUT2D eigenvalue weighted by molar-refractivity contribution is 0.0561. The zero-order valence-electron chi connectivity index (χ0n) is 12.1. The largest absolute Gasteiger partial charge is 0.396 e. The Hall–Kier alpha value is -1.33. The van der Waals surface area contributed by atoms with Crippen molar-refractivity contribution >= 4 is 5.91 Å². The van der Waals surface area contributed by atoms with Crippen molar-refractivity contribution in [2.75, 3.05) is 26.9 Å². The van der Waals surface area contributed by atoms with Crippen LogP contribution in [0.1, 0.15) is 36.2 Å². The van der Waals surface area contributed by atoms with Gasteiger partial charge in [0.1, 0.15) is 5.69 Å². The van der Waals surface area contributed by atoms with Crippen molar-refractivity contribution in [3.63, 3.8) is 0 Å². The van der Waals surface area contributed by atoms with Crippen molar-refractivity contribution in [3.8, 4) is 0 Å². The second-order valence-electron chi connectivity index (χ2n) is 5.24. The van der Waals surface area contributed by atoms with Crippen LogP contribution in [0.3, 0.4) is 0 Å². The summed E-state index contributed by atoms with van der Waals surface area (Å²) in [5.41, 5.74) is 0.715. The number of amides is 1. The van der Waals surface area contributed by atoms with Gasteiger partial charge in [0, 0.05) is 39.0 Å². The van der Waals surface area contributed by atoms with E-state index >= 15 is 0 Å². The molecule has 0 aromatic carbocycles. The molecule has 1 aliphatic heterocycles. The maximum atomic E-state index is 12.7. The number of methoxy groups -OCH3 is 1. The van der Waals surface area contributed by atoms with E-state index in [1.165, 1.54) is 0 Å². The van der Waals surface area contributed by atoms with Crippen LogP contribution in [-0.4, -0.2) is 53.4 Å². The number of hydrogen-bond donors (Lipinski definition) is 1. The number of carbonyl (C=O) groups excluding carboxylic acids is 1. The van der Waals surface area contributed by atoms with E-state index in [1.54, 1.807) is 7.11 Å². The first kappa shape index (κ1) is 15.1. The third-order valence-corrected chi connectivity index (χ3v) is 3.94. The second kappa shape index (κ2) is 7.45. The summed E-state index contributed by atoms with van der Waals surface area (Å²) in [4.78, 5) is 14.6. The molecular weight excluding hydrogens is 256 g/mol. The second-order valence-corrected chi connectivity index (χ2v) is 5.24. The predicted octanol–water partition coefficient (Wildman–Crippen LogP) is 1.51. The van der Waals surface area contributed by atoms with Crippen molar-refractivity contribution < 1.29 is 14.6 Å². The summed E-state index contributed by atoms with van der Waals surface area (Å²) in [6, 6.07) is 3.93. The van der Waals surface area contributed by atoms with E-state index in [0.717, 1.165) is 25.8 Å². The molecule has 5 heteroatoms. The zero-order valence-corrected chi connectivity index (χ0v) is 12.1. The van der Waals surface area contributed by atoms with E-state index in [4.69, 9.17) is 9.84 Å². The molecule has 0 spiro atoms. The number of ether oxygens (including phenoxy) is 1. The normalized spacial score (nSPS) is 19.3. The van der Waals surface area contributed by atoms with Crippen LogP contribution in [0.4, 0.5) is 0 Å². The van der Waals surface area contributed by atoms with Crippen LogP contribution in [-0.2, 0) is 11.3 Å². The first-order chi connectivity index (χ1) is 9.77. The van der Waals surface area contributed by atoms with Gasteiger partial charge < -0.3 is 19.3 Å². The first-order valence-corrected chi connectivity index (χ1v) is 7.34. The lowest BCUT2D eigenvalue weighted by Gasteiger charge is -2.35. The van der Waals surface area contributed by atoms with Gasteiger partial charge in [-0.2, -0.15) is 0 Å². The Morgan fingerprint density at radius 3 is 3.10 bits per heavy atom. The Morgan fingerprint density at radius 2 is 2.35 bits per heavy atom. The number of aliphatic hydroxyl groups excluding tert-OH is 1. The number of likely N-dealkylation sites (tertiary alicyclic amines) is 1. The fourth-order valence-electron chi connectivity index (χ4n) is 2.86. The lowest BCUT2D eigenvalue weighted by Crippen LogP contribution is -2.44. The highest BCUT2D eigenvalue weighted by Gasteiger charge is 2.28. The van der Waals surface area contributed by atoms with Crippen LogP contribution in [0.15, 0.2) is 18.3 Å². The smallest absolute Gasteiger partial charge is 0.270 e. The first-order valence-electron chi connectivity index (χ1n) is 7.34. The molecule has 1 atom stereocenters. The minimum Gasteiger partial charge on any atom is -0.396 e. The van der Waals surface area contributed by atoms with Crippen LogP contribution in [0.25, 0.3) is 0 Å². The number of rotatable bonds is 6. The monoisotopic (exact) mass is 280 g/mol. The van der Waals surface area contributed by atoms with Gasteiger partial charge >= 0.3 is 0 Å². The third-order valence-electron chi connectivity index (χ3n) is 3.94. The molecule has 1 aromatic rings. The molecule has 5 nitrogen and oxygen atoms in total. The number of nitrogens with zero attached hydrogens (tertiary/aromatic N) is 2. The topological polar surface area (TPSA) is 54.7 Å². The molecule has 1 N–H and O–H groups in total. The van der Waals surface area contributed by atoms with Crippen LogP contribution in [0, 0.1) is 0 Å². The van der Waals surface area contributed by atoms with E-state index in [9.17, 15) is 4.79 Å². The standard InChI is InChI=1S/C15H24N2O3/c1-20-12-10-16-8-4-6-14(16)15(19)17-9-3-2-5-13(17)7-11-18/h4,6,8,13,18H,2-3,5,7,9-12H2,1H3. The van der Waals surface area contributed by atoms with Crippen molar-refractivity contribution in [3.05, 3.63) is 24.0 Å². The van der Waals surface area contributed by atoms with Crippen molar-refractivity contribution in [2.24, 2.45) is 0 Å². The van der Waals surface area contributed by atoms with Gasteiger partial charge in [-0.25, -0.2) is 0 Å². The minimum atomic E-state index is 0.0734. The van der Waals surface area contributed by atoms with Crippen LogP contribution in [0.5, 0.6) is 0 Å². The molecule has 1 saturated heterocycles. The molecule has 1 aliphatic rings. The van der Waals surface area contributed by atoms with Gasteiger partial charge in [0.2, 0.25) is 0 Å². The van der Waals surface area contributed by atoms with E-state index in [-0.39, 0.29) is 18.6 Å². The summed E-state index contributed by atoms with van der Waals surface area (Å²) in [5, 5.41) is 9.16. The molecular formula is C15H24N2O3. The van der Waals surface area contributed by atoms with E-state index < -0.39 is 0 Å². The number of carbonyl (C=O) groups is 1. The lowest BCUT2D eigenvalue weighted by atomic mass is 9.99. The van der Waals surface area contributed by atoms with Crippen molar-refractivity contribution in [1.29, 1.82) is 0 Å². The summed E-state index contributed by atoms with van der Waals surface area (Å²) in [7, 11) is 1.66. The van der Waals surface area contributed by atoms with Gasteiger partial charge in [-0.3, -0.25) is 4.79 Å². The molecule has 1 aromatic heterocycles. The molecule has 2 heterocycles. The van der Waals surface area contributed by atoms with Crippen LogP contribution < -0.4 is 0 Å². The van der Waals surface area contributed by atoms with Crippen molar-refractivity contribution in [2.45, 2.75) is 38.3 Å². The fourth-order valence-corrected chi connectivity index (χ4v) is 2.86. The number of aliphatic hydroxyl groups is 1. The quantitative estimate of drug-likeness (QED) is 0.859. The third kappa shape index (κ3) is 3.41. The van der Waals surface area contributed by atoms with Crippen LogP contribution >= 0.6 is 0 Å². The summed E-state index contributed by atoms with van der Waals surface area (Å²) < 4.78 is 7.02. The predicted molar refractivity (Wildman–Crippen MR) is 76.7 cm³/mol. The molecule has 2 rings (SSSR count). The summed E-state index contributed by atoms with van der Waals surface area (Å²) in [6.45, 7) is 2.20. The van der Waals surface area contributed by atoms with Gasteiger partial charge in [-0.1, -0.05) is 0 Å². The Balaban J connectivity index is 2.10. The Bertz CT molecular complexity index is 429. The highest BCUT2D eigenvalue weighted by molar-refractivity contribution is 5.93. The maximum Gasteiger partial charge on any atom is 0.270 e. The highest BCUT2D eigenvalue weighted by atomic mass is 16.5. The SMILES string of the molecule is COCCn1cccc1C(=O)N1CCCCC1CCO. The summed E-state index contributed by atoms with van der Waals surface area (Å²) >= 11 is 0. The summed E-state index contributed by atoms with van der Waals surface area (Å²) in [5.74, 6) is 0.0734. The Morgan fingerprint density at radius 1 is 1.50 bits per heavy atom. The summed E-state index contributed by atoms with van der Waals surface area (Å²) in [6.07, 6.45) is 5.76. The number of hydrogen-bond acceptors (Lipinski definition) is 3. The van der Waals surface area contributed by atoms with Gasteiger partial charge in [-0.05, 0) is 37.8 Å². The molecule has 20 heavy (non-hydrogen) atoms. The van der Waals surface area contributed by atoms with Gasteiger partial charge in [0.25, 0.3) is 5.91 Å². The molecule has 112 valence electrons. The molecule has 0 bridgehead atoms. The van der Waals surface area contributed by atoms with E-state index in [1.807, 2.05) is 27.8 Å². The Kier molecular flexibility index (Phi) is 5.61. The molecule has 0 aliphatic carbocycles. The molecule has 0 radical (unpaired) electrons. The van der Waals surface area contributed by atoms with Gasteiger partial charge in [-0.15, -0.1) is 0 Å². The number of aromatic nitrogens is 1. The van der Waals surface area contributed by atoms with Crippen molar-refractivity contribution in [1.82, 2.24) is 9.47 Å². The van der Waals surface area contributed by atoms with Crippen LogP contribution in [0.2, 0.25) is 0 Å². The fraction of sp³-hybridized carbons (Fsp3) is 0.667. The Labute approximate surface area is 120 Å². The van der Waals surface area contributed by atoms with E-state index in [2.05, 4.69) is 0 Å². The molecule has 0 saturated carbocycles. The minimum absolute atomic E-state index is 0.0734. The highest BCUT2D eigenvalue weighted by Crippen LogP contribution is 2.22. The molecule has 1 unspecified atom stereocenters. The molecule has 1 amide bonds. The van der Waals surface area contributed by atoms with Gasteiger partial charge in [0.05, 0.1) is 6.61 Å². The average Bonchev–Trinajstić information content (AvgIpc) is 2.93. The maximum absolute atomic E-state index is 12.7.